The van der Waals surface area contributed by atoms with Crippen molar-refractivity contribution in [2.75, 3.05) is 0 Å². The third-order valence-corrected chi connectivity index (χ3v) is 2.79. The van der Waals surface area contributed by atoms with Crippen molar-refractivity contribution in [1.82, 2.24) is 9.78 Å². The van der Waals surface area contributed by atoms with Crippen LogP contribution in [0.4, 0.5) is 8.78 Å². The number of aryl methyl sites for hydroxylation is 1. The maximum atomic E-state index is 12.6. The summed E-state index contributed by atoms with van der Waals surface area (Å²) in [6, 6.07) is 7.31. The van der Waals surface area contributed by atoms with E-state index < -0.39 is 6.43 Å². The number of hydrogen-bond acceptors (Lipinski definition) is 1. The van der Waals surface area contributed by atoms with E-state index in [1.807, 2.05) is 24.3 Å². The van der Waals surface area contributed by atoms with Gasteiger partial charge in [-0.2, -0.15) is 5.10 Å². The highest BCUT2D eigenvalue weighted by molar-refractivity contribution is 9.10. The molecule has 0 saturated heterocycles. The molecule has 0 radical (unpaired) electrons. The van der Waals surface area contributed by atoms with Crippen LogP contribution in [-0.4, -0.2) is 9.78 Å². The summed E-state index contributed by atoms with van der Waals surface area (Å²) in [4.78, 5) is 0. The maximum Gasteiger partial charge on any atom is 0.267 e. The monoisotopic (exact) mass is 286 g/mol. The number of aromatic nitrogens is 2. The van der Waals surface area contributed by atoms with Crippen LogP contribution in [0.15, 0.2) is 34.9 Å². The molecule has 5 heteroatoms. The van der Waals surface area contributed by atoms with Gasteiger partial charge in [-0.3, -0.25) is 0 Å². The van der Waals surface area contributed by atoms with Crippen LogP contribution < -0.4 is 0 Å². The first-order chi connectivity index (χ1) is 7.58. The van der Waals surface area contributed by atoms with Gasteiger partial charge in [-0.1, -0.05) is 15.9 Å². The van der Waals surface area contributed by atoms with Crippen LogP contribution >= 0.6 is 15.9 Å². The quantitative estimate of drug-likeness (QED) is 0.819. The van der Waals surface area contributed by atoms with E-state index in [0.717, 1.165) is 10.2 Å². The molecular formula is C11H9BrF2N2. The standard InChI is InChI=1S/C11H9BrF2N2/c1-7-10(11(13)14)6-16(15-7)9-4-2-8(12)3-5-9/h2-6,11H,1H3. The molecule has 1 heterocycles. The Balaban J connectivity index is 2.41. The lowest BCUT2D eigenvalue weighted by atomic mass is 10.3. The zero-order valence-electron chi connectivity index (χ0n) is 8.49. The van der Waals surface area contributed by atoms with E-state index >= 15 is 0 Å². The van der Waals surface area contributed by atoms with Gasteiger partial charge in [0.15, 0.2) is 0 Å². The molecule has 0 bridgehead atoms. The van der Waals surface area contributed by atoms with Crippen molar-refractivity contribution in [1.29, 1.82) is 0 Å². The van der Waals surface area contributed by atoms with Crippen LogP contribution in [-0.2, 0) is 0 Å². The molecule has 0 fully saturated rings. The molecule has 2 nitrogen and oxygen atoms in total. The lowest BCUT2D eigenvalue weighted by Gasteiger charge is -2.00. The molecule has 84 valence electrons. The molecule has 0 aliphatic carbocycles. The normalized spacial score (nSPS) is 11.1. The second kappa shape index (κ2) is 4.33. The first-order valence-electron chi connectivity index (χ1n) is 4.68. The Kier molecular flexibility index (Phi) is 3.05. The van der Waals surface area contributed by atoms with Crippen molar-refractivity contribution in [3.8, 4) is 5.69 Å². The molecule has 0 aliphatic heterocycles. The summed E-state index contributed by atoms with van der Waals surface area (Å²) < 4.78 is 27.5. The van der Waals surface area contributed by atoms with Crippen molar-refractivity contribution < 1.29 is 8.78 Å². The molecule has 0 amide bonds. The lowest BCUT2D eigenvalue weighted by Crippen LogP contribution is -1.93. The number of hydrogen-bond donors (Lipinski definition) is 0. The van der Waals surface area contributed by atoms with Crippen LogP contribution in [0.1, 0.15) is 17.7 Å². The van der Waals surface area contributed by atoms with Crippen LogP contribution in [0.25, 0.3) is 5.69 Å². The molecule has 0 atom stereocenters. The van der Waals surface area contributed by atoms with Gasteiger partial charge >= 0.3 is 0 Å². The zero-order chi connectivity index (χ0) is 11.7. The average molecular weight is 287 g/mol. The van der Waals surface area contributed by atoms with Crippen LogP contribution in [0.5, 0.6) is 0 Å². The highest BCUT2D eigenvalue weighted by Crippen LogP contribution is 2.23. The van der Waals surface area contributed by atoms with E-state index in [-0.39, 0.29) is 5.56 Å². The molecule has 0 N–H and O–H groups in total. The van der Waals surface area contributed by atoms with Crippen LogP contribution in [0.3, 0.4) is 0 Å². The summed E-state index contributed by atoms with van der Waals surface area (Å²) in [6.45, 7) is 1.58. The van der Waals surface area contributed by atoms with Crippen molar-refractivity contribution in [3.63, 3.8) is 0 Å². The zero-order valence-corrected chi connectivity index (χ0v) is 10.1. The number of benzene rings is 1. The van der Waals surface area contributed by atoms with Gasteiger partial charge in [0.1, 0.15) is 0 Å². The predicted octanol–water partition coefficient (Wildman–Crippen LogP) is 3.88. The van der Waals surface area contributed by atoms with E-state index in [0.29, 0.717) is 5.69 Å². The minimum Gasteiger partial charge on any atom is -0.240 e. The Morgan fingerprint density at radius 1 is 1.25 bits per heavy atom. The Morgan fingerprint density at radius 3 is 2.38 bits per heavy atom. The number of rotatable bonds is 2. The largest absolute Gasteiger partial charge is 0.267 e. The Bertz CT molecular complexity index is 491. The van der Waals surface area contributed by atoms with E-state index in [1.165, 1.54) is 10.9 Å². The van der Waals surface area contributed by atoms with Gasteiger partial charge in [0.25, 0.3) is 6.43 Å². The Labute approximate surface area is 100 Å². The summed E-state index contributed by atoms with van der Waals surface area (Å²) in [6.07, 6.45) is -1.12. The van der Waals surface area contributed by atoms with E-state index in [4.69, 9.17) is 0 Å². The molecular weight excluding hydrogens is 278 g/mol. The minimum atomic E-state index is -2.48. The lowest BCUT2D eigenvalue weighted by molar-refractivity contribution is 0.150. The summed E-state index contributed by atoms with van der Waals surface area (Å²) in [5.41, 5.74) is 1.10. The fourth-order valence-corrected chi connectivity index (χ4v) is 1.68. The van der Waals surface area contributed by atoms with Crippen LogP contribution in [0.2, 0.25) is 0 Å². The second-order valence-electron chi connectivity index (χ2n) is 3.39. The fraction of sp³-hybridized carbons (Fsp3) is 0.182. The molecule has 0 saturated carbocycles. The van der Waals surface area contributed by atoms with E-state index in [9.17, 15) is 8.78 Å². The Hall–Kier alpha value is -1.23. The van der Waals surface area contributed by atoms with Crippen molar-refractivity contribution >= 4 is 15.9 Å². The molecule has 1 aromatic heterocycles. The van der Waals surface area contributed by atoms with Gasteiger partial charge in [0.05, 0.1) is 16.9 Å². The third-order valence-electron chi connectivity index (χ3n) is 2.26. The minimum absolute atomic E-state index is 0.0251. The highest BCUT2D eigenvalue weighted by atomic mass is 79.9. The van der Waals surface area contributed by atoms with Crippen LogP contribution in [0, 0.1) is 6.92 Å². The molecule has 16 heavy (non-hydrogen) atoms. The van der Waals surface area contributed by atoms with Gasteiger partial charge in [-0.25, -0.2) is 13.5 Å². The van der Waals surface area contributed by atoms with E-state index in [1.54, 1.807) is 6.92 Å². The summed E-state index contributed by atoms with van der Waals surface area (Å²) in [7, 11) is 0. The summed E-state index contributed by atoms with van der Waals surface area (Å²) >= 11 is 3.31. The molecule has 2 aromatic rings. The van der Waals surface area contributed by atoms with Crippen molar-refractivity contribution in [2.24, 2.45) is 0 Å². The number of nitrogens with zero attached hydrogens (tertiary/aromatic N) is 2. The summed E-state index contributed by atoms with van der Waals surface area (Å²) in [5.74, 6) is 0. The molecule has 2 rings (SSSR count). The van der Waals surface area contributed by atoms with Gasteiger partial charge in [0.2, 0.25) is 0 Å². The van der Waals surface area contributed by atoms with Gasteiger partial charge in [-0.05, 0) is 31.2 Å². The van der Waals surface area contributed by atoms with Crippen molar-refractivity contribution in [3.05, 3.63) is 46.2 Å². The van der Waals surface area contributed by atoms with E-state index in [2.05, 4.69) is 21.0 Å². The smallest absolute Gasteiger partial charge is 0.240 e. The third kappa shape index (κ3) is 2.14. The first-order valence-corrected chi connectivity index (χ1v) is 5.47. The topological polar surface area (TPSA) is 17.8 Å². The maximum absolute atomic E-state index is 12.6. The van der Waals surface area contributed by atoms with Gasteiger partial charge in [0, 0.05) is 10.7 Å². The molecule has 0 aliphatic rings. The van der Waals surface area contributed by atoms with Crippen molar-refractivity contribution in [2.45, 2.75) is 13.3 Å². The first kappa shape index (κ1) is 11.3. The molecule has 0 unspecified atom stereocenters. The molecule has 1 aromatic carbocycles. The van der Waals surface area contributed by atoms with Gasteiger partial charge in [-0.15, -0.1) is 0 Å². The average Bonchev–Trinajstić information content (AvgIpc) is 2.61. The Morgan fingerprint density at radius 2 is 1.88 bits per heavy atom. The number of alkyl halides is 2. The molecule has 0 spiro atoms. The predicted molar refractivity (Wildman–Crippen MR) is 61.0 cm³/mol. The number of halogens is 3. The van der Waals surface area contributed by atoms with Gasteiger partial charge < -0.3 is 0 Å². The SMILES string of the molecule is Cc1nn(-c2ccc(Br)cc2)cc1C(F)F. The summed E-state index contributed by atoms with van der Waals surface area (Å²) in [5, 5.41) is 4.05. The fourth-order valence-electron chi connectivity index (χ4n) is 1.41. The highest BCUT2D eigenvalue weighted by Gasteiger charge is 2.14. The second-order valence-corrected chi connectivity index (χ2v) is 4.31.